The zero-order valence-electron chi connectivity index (χ0n) is 13.9. The van der Waals surface area contributed by atoms with Gasteiger partial charge in [0.15, 0.2) is 0 Å². The summed E-state index contributed by atoms with van der Waals surface area (Å²) in [7, 11) is 0. The molecule has 0 radical (unpaired) electrons. The van der Waals surface area contributed by atoms with Gasteiger partial charge in [0.05, 0.1) is 5.69 Å². The lowest BCUT2D eigenvalue weighted by molar-refractivity contribution is 0.572. The molecule has 24 heavy (non-hydrogen) atoms. The SMILES string of the molecule is Cc1ccc(-c2nc([C@@H]3C[C@@H]4C=C[C@H]3C4)cc3ccccc23)cc1. The van der Waals surface area contributed by atoms with E-state index < -0.39 is 0 Å². The number of rotatable bonds is 2. The predicted molar refractivity (Wildman–Crippen MR) is 100 cm³/mol. The minimum atomic E-state index is 0.591. The smallest absolute Gasteiger partial charge is 0.0783 e. The van der Waals surface area contributed by atoms with E-state index in [0.29, 0.717) is 11.8 Å². The molecule has 3 aromatic rings. The maximum atomic E-state index is 5.17. The third-order valence-corrected chi connectivity index (χ3v) is 5.74. The number of fused-ring (bicyclic) bond motifs is 3. The Kier molecular flexibility index (Phi) is 3.09. The lowest BCUT2D eigenvalue weighted by Gasteiger charge is -2.19. The highest BCUT2D eigenvalue weighted by atomic mass is 14.7. The van der Waals surface area contributed by atoms with Crippen LogP contribution in [0.5, 0.6) is 0 Å². The number of allylic oxidation sites excluding steroid dienone is 2. The van der Waals surface area contributed by atoms with Crippen LogP contribution in [0.1, 0.15) is 30.0 Å². The molecule has 2 aliphatic carbocycles. The molecule has 0 amide bonds. The van der Waals surface area contributed by atoms with Crippen LogP contribution in [-0.4, -0.2) is 4.98 Å². The number of aromatic nitrogens is 1. The maximum Gasteiger partial charge on any atom is 0.0783 e. The summed E-state index contributed by atoms with van der Waals surface area (Å²) in [6.07, 6.45) is 7.41. The lowest BCUT2D eigenvalue weighted by Crippen LogP contribution is -2.08. The van der Waals surface area contributed by atoms with E-state index in [2.05, 4.69) is 73.7 Å². The fraction of sp³-hybridized carbons (Fsp3) is 0.261. The van der Waals surface area contributed by atoms with E-state index >= 15 is 0 Å². The molecule has 118 valence electrons. The topological polar surface area (TPSA) is 12.9 Å². The van der Waals surface area contributed by atoms with Gasteiger partial charge in [0.2, 0.25) is 0 Å². The molecule has 0 saturated heterocycles. The molecule has 0 unspecified atom stereocenters. The van der Waals surface area contributed by atoms with Gasteiger partial charge in [-0.25, -0.2) is 0 Å². The fourth-order valence-corrected chi connectivity index (χ4v) is 4.46. The van der Waals surface area contributed by atoms with Crippen LogP contribution in [0.2, 0.25) is 0 Å². The third-order valence-electron chi connectivity index (χ3n) is 5.74. The predicted octanol–water partition coefficient (Wildman–Crippen LogP) is 5.89. The van der Waals surface area contributed by atoms with Crippen molar-refractivity contribution < 1.29 is 0 Å². The van der Waals surface area contributed by atoms with Crippen LogP contribution in [0.25, 0.3) is 22.0 Å². The van der Waals surface area contributed by atoms with Crippen LogP contribution in [0.3, 0.4) is 0 Å². The molecular formula is C23H21N. The monoisotopic (exact) mass is 311 g/mol. The molecule has 1 nitrogen and oxygen atoms in total. The van der Waals surface area contributed by atoms with Crippen molar-refractivity contribution in [1.29, 1.82) is 0 Å². The van der Waals surface area contributed by atoms with Crippen molar-refractivity contribution in [2.75, 3.05) is 0 Å². The zero-order valence-corrected chi connectivity index (χ0v) is 13.9. The highest BCUT2D eigenvalue weighted by Crippen LogP contribution is 2.49. The van der Waals surface area contributed by atoms with Crippen LogP contribution < -0.4 is 0 Å². The Hall–Kier alpha value is -2.41. The minimum Gasteiger partial charge on any atom is -0.252 e. The molecule has 5 rings (SSSR count). The molecule has 2 aliphatic rings. The van der Waals surface area contributed by atoms with Gasteiger partial charge in [-0.1, -0.05) is 66.2 Å². The number of benzene rings is 2. The first-order chi connectivity index (χ1) is 11.8. The minimum absolute atomic E-state index is 0.591. The molecule has 3 atom stereocenters. The van der Waals surface area contributed by atoms with E-state index in [-0.39, 0.29) is 0 Å². The molecule has 1 aromatic heterocycles. The van der Waals surface area contributed by atoms with Crippen molar-refractivity contribution in [2.45, 2.75) is 25.7 Å². The Morgan fingerprint density at radius 3 is 2.50 bits per heavy atom. The van der Waals surface area contributed by atoms with Gasteiger partial charge in [-0.3, -0.25) is 4.98 Å². The second-order valence-electron chi connectivity index (χ2n) is 7.37. The van der Waals surface area contributed by atoms with Crippen molar-refractivity contribution in [1.82, 2.24) is 4.98 Å². The number of pyridine rings is 1. The molecule has 0 spiro atoms. The van der Waals surface area contributed by atoms with Crippen molar-refractivity contribution in [2.24, 2.45) is 11.8 Å². The maximum absolute atomic E-state index is 5.17. The van der Waals surface area contributed by atoms with Gasteiger partial charge in [-0.2, -0.15) is 0 Å². The van der Waals surface area contributed by atoms with E-state index in [4.69, 9.17) is 4.98 Å². The summed E-state index contributed by atoms with van der Waals surface area (Å²) < 4.78 is 0. The van der Waals surface area contributed by atoms with Crippen molar-refractivity contribution in [3.05, 3.63) is 78.0 Å². The summed E-state index contributed by atoms with van der Waals surface area (Å²) in [6, 6.07) is 19.8. The first-order valence-electron chi connectivity index (χ1n) is 8.93. The normalized spacial score (nSPS) is 24.8. The summed E-state index contributed by atoms with van der Waals surface area (Å²) in [5.74, 6) is 2.06. The van der Waals surface area contributed by atoms with Gasteiger partial charge < -0.3 is 0 Å². The molecule has 0 aliphatic heterocycles. The summed E-state index contributed by atoms with van der Waals surface area (Å²) in [5.41, 5.74) is 4.92. The van der Waals surface area contributed by atoms with Gasteiger partial charge in [0, 0.05) is 22.6 Å². The van der Waals surface area contributed by atoms with Crippen LogP contribution >= 0.6 is 0 Å². The molecular weight excluding hydrogens is 290 g/mol. The number of aryl methyl sites for hydroxylation is 1. The molecule has 2 bridgehead atoms. The molecule has 1 fully saturated rings. The number of hydrogen-bond acceptors (Lipinski definition) is 1. The summed E-state index contributed by atoms with van der Waals surface area (Å²) in [4.78, 5) is 5.17. The summed E-state index contributed by atoms with van der Waals surface area (Å²) >= 11 is 0. The Bertz CT molecular complexity index is 936. The van der Waals surface area contributed by atoms with E-state index in [1.54, 1.807) is 0 Å². The third kappa shape index (κ3) is 2.19. The summed E-state index contributed by atoms with van der Waals surface area (Å²) in [5, 5.41) is 2.56. The second kappa shape index (κ2) is 5.31. The average molecular weight is 311 g/mol. The van der Waals surface area contributed by atoms with Crippen molar-refractivity contribution in [3.8, 4) is 11.3 Å². The molecule has 1 heteroatoms. The largest absolute Gasteiger partial charge is 0.252 e. The molecule has 1 saturated carbocycles. The Morgan fingerprint density at radius 1 is 0.917 bits per heavy atom. The Balaban J connectivity index is 1.70. The first kappa shape index (κ1) is 14.0. The average Bonchev–Trinajstić information content (AvgIpc) is 3.25. The standard InChI is InChI=1S/C23H21N/c1-15-6-9-17(10-7-15)23-20-5-3-2-4-18(20)14-22(24-23)21-13-16-8-11-19(21)12-16/h2-11,14,16,19,21H,12-13H2,1H3/t16-,19+,21-/m1/s1. The van der Waals surface area contributed by atoms with Gasteiger partial charge in [0.1, 0.15) is 0 Å². The van der Waals surface area contributed by atoms with Gasteiger partial charge >= 0.3 is 0 Å². The fourth-order valence-electron chi connectivity index (χ4n) is 4.46. The van der Waals surface area contributed by atoms with E-state index in [1.807, 2.05) is 0 Å². The van der Waals surface area contributed by atoms with Crippen molar-refractivity contribution in [3.63, 3.8) is 0 Å². The van der Waals surface area contributed by atoms with Crippen molar-refractivity contribution >= 4 is 10.8 Å². The molecule has 1 heterocycles. The second-order valence-corrected chi connectivity index (χ2v) is 7.37. The van der Waals surface area contributed by atoms with Gasteiger partial charge in [0.25, 0.3) is 0 Å². The van der Waals surface area contributed by atoms with Gasteiger partial charge in [-0.05, 0) is 43.1 Å². The highest BCUT2D eigenvalue weighted by molar-refractivity contribution is 5.95. The molecule has 0 N–H and O–H groups in total. The number of nitrogens with zero attached hydrogens (tertiary/aromatic N) is 1. The van der Waals surface area contributed by atoms with Crippen LogP contribution in [0, 0.1) is 18.8 Å². The van der Waals surface area contributed by atoms with E-state index in [0.717, 1.165) is 11.6 Å². The Labute approximate surface area is 143 Å². The number of hydrogen-bond donors (Lipinski definition) is 0. The quantitative estimate of drug-likeness (QED) is 0.538. The molecule has 2 aromatic carbocycles. The highest BCUT2D eigenvalue weighted by Gasteiger charge is 2.37. The van der Waals surface area contributed by atoms with E-state index in [1.165, 1.54) is 40.4 Å². The lowest BCUT2D eigenvalue weighted by atomic mass is 9.88. The first-order valence-corrected chi connectivity index (χ1v) is 8.93. The van der Waals surface area contributed by atoms with Gasteiger partial charge in [-0.15, -0.1) is 0 Å². The zero-order chi connectivity index (χ0) is 16.1. The van der Waals surface area contributed by atoms with Crippen LogP contribution in [0.15, 0.2) is 66.7 Å². The van der Waals surface area contributed by atoms with E-state index in [9.17, 15) is 0 Å². The Morgan fingerprint density at radius 2 is 1.75 bits per heavy atom. The van der Waals surface area contributed by atoms with Crippen LogP contribution in [0.4, 0.5) is 0 Å². The van der Waals surface area contributed by atoms with Crippen LogP contribution in [-0.2, 0) is 0 Å². The summed E-state index contributed by atoms with van der Waals surface area (Å²) in [6.45, 7) is 2.13.